The van der Waals surface area contributed by atoms with Crippen LogP contribution in [-0.4, -0.2) is 29.6 Å². The van der Waals surface area contributed by atoms with Gasteiger partial charge in [0.1, 0.15) is 0 Å². The van der Waals surface area contributed by atoms with Crippen molar-refractivity contribution in [2.75, 3.05) is 24.5 Å². The molecule has 0 atom stereocenters. The van der Waals surface area contributed by atoms with Crippen molar-refractivity contribution < 1.29 is 5.21 Å². The number of anilines is 1. The molecule has 0 radical (unpaired) electrons. The molecule has 1 aliphatic rings. The van der Waals surface area contributed by atoms with E-state index in [0.717, 1.165) is 31.7 Å². The zero-order valence-corrected chi connectivity index (χ0v) is 12.8. The summed E-state index contributed by atoms with van der Waals surface area (Å²) in [5, 5.41) is 10.1. The number of piperidine rings is 1. The predicted molar refractivity (Wildman–Crippen MR) is 82.4 cm³/mol. The number of aryl methyl sites for hydroxylation is 1. The molecule has 0 amide bonds. The number of pyridine rings is 1. The molecule has 1 aliphatic heterocycles. The number of unbranched alkanes of at least 4 members (excludes halogenated alkanes) is 2. The molecule has 1 aromatic heterocycles. The van der Waals surface area contributed by atoms with E-state index in [2.05, 4.69) is 22.9 Å². The van der Waals surface area contributed by atoms with Crippen LogP contribution in [0.1, 0.15) is 51.1 Å². The molecule has 4 heteroatoms. The zero-order chi connectivity index (χ0) is 14.4. The molecule has 1 fully saturated rings. The molecule has 0 spiro atoms. The summed E-state index contributed by atoms with van der Waals surface area (Å²) in [6, 6.07) is 4.07. The maximum absolute atomic E-state index is 10.1. The summed E-state index contributed by atoms with van der Waals surface area (Å²) in [6.45, 7) is 7.14. The average molecular weight is 277 g/mol. The average Bonchev–Trinajstić information content (AvgIpc) is 2.48. The Labute approximate surface area is 121 Å². The molecule has 0 saturated carbocycles. The number of hydrogen-bond donors (Lipinski definition) is 1. The van der Waals surface area contributed by atoms with Crippen molar-refractivity contribution in [3.05, 3.63) is 23.3 Å². The molecule has 20 heavy (non-hydrogen) atoms. The minimum Gasteiger partial charge on any atom is -0.427 e. The van der Waals surface area contributed by atoms with Crippen LogP contribution in [0.15, 0.2) is 17.1 Å². The van der Waals surface area contributed by atoms with Gasteiger partial charge < -0.3 is 10.1 Å². The highest BCUT2D eigenvalue weighted by Gasteiger charge is 2.12. The van der Waals surface area contributed by atoms with E-state index < -0.39 is 0 Å². The first-order valence-electron chi connectivity index (χ1n) is 7.90. The van der Waals surface area contributed by atoms with Crippen LogP contribution in [0.2, 0.25) is 0 Å². The lowest BCUT2D eigenvalue weighted by molar-refractivity contribution is 0.165. The third-order valence-electron chi connectivity index (χ3n) is 3.94. The van der Waals surface area contributed by atoms with Gasteiger partial charge in [-0.05, 0) is 38.7 Å². The van der Waals surface area contributed by atoms with Crippen LogP contribution < -0.4 is 10.4 Å². The highest BCUT2D eigenvalue weighted by Crippen LogP contribution is 2.18. The minimum atomic E-state index is 0.682. The number of rotatable bonds is 5. The van der Waals surface area contributed by atoms with E-state index in [4.69, 9.17) is 0 Å². The Hall–Kier alpha value is -1.45. The summed E-state index contributed by atoms with van der Waals surface area (Å²) < 4.78 is 1.21. The van der Waals surface area contributed by atoms with Crippen molar-refractivity contribution >= 4 is 5.69 Å². The minimum absolute atomic E-state index is 0.682. The molecule has 112 valence electrons. The molecular formula is C16H27N3O. The van der Waals surface area contributed by atoms with Crippen LogP contribution in [0, 0.1) is 6.92 Å². The Morgan fingerprint density at radius 2 is 1.90 bits per heavy atom. The van der Waals surface area contributed by atoms with Gasteiger partial charge in [-0.2, -0.15) is 4.73 Å². The quantitative estimate of drug-likeness (QED) is 0.663. The van der Waals surface area contributed by atoms with E-state index in [-0.39, 0.29) is 0 Å². The topological polar surface area (TPSA) is 40.8 Å². The Kier molecular flexibility index (Phi) is 5.50. The predicted octanol–water partition coefficient (Wildman–Crippen LogP) is 3.12. The maximum atomic E-state index is 10.1. The Bertz CT molecular complexity index is 487. The molecule has 0 aromatic carbocycles. The van der Waals surface area contributed by atoms with Crippen LogP contribution in [0.25, 0.3) is 0 Å². The molecule has 0 aliphatic carbocycles. The van der Waals surface area contributed by atoms with Crippen LogP contribution in [0.4, 0.5) is 5.69 Å². The van der Waals surface area contributed by atoms with E-state index in [1.807, 2.05) is 13.0 Å². The van der Waals surface area contributed by atoms with Crippen molar-refractivity contribution in [1.29, 1.82) is 0 Å². The second-order valence-corrected chi connectivity index (χ2v) is 5.66. The summed E-state index contributed by atoms with van der Waals surface area (Å²) >= 11 is 0. The van der Waals surface area contributed by atoms with Gasteiger partial charge in [0.2, 0.25) is 0 Å². The van der Waals surface area contributed by atoms with Crippen LogP contribution in [0.5, 0.6) is 0 Å². The first kappa shape index (κ1) is 14.9. The zero-order valence-electron chi connectivity index (χ0n) is 12.8. The highest BCUT2D eigenvalue weighted by atomic mass is 16.5. The smallest absolute Gasteiger partial charge is 0.165 e. The number of hydrogen-bond acceptors (Lipinski definition) is 3. The molecule has 0 bridgehead atoms. The lowest BCUT2D eigenvalue weighted by Gasteiger charge is -2.29. The van der Waals surface area contributed by atoms with Crippen LogP contribution in [0.3, 0.4) is 0 Å². The lowest BCUT2D eigenvalue weighted by Crippen LogP contribution is -2.32. The highest BCUT2D eigenvalue weighted by molar-refractivity contribution is 5.46. The summed E-state index contributed by atoms with van der Waals surface area (Å²) in [5.41, 5.74) is 2.73. The summed E-state index contributed by atoms with van der Waals surface area (Å²) in [6.07, 6.45) is 7.33. The fraction of sp³-hybridized carbons (Fsp3) is 0.688. The van der Waals surface area contributed by atoms with Gasteiger partial charge in [-0.1, -0.05) is 19.8 Å². The normalized spacial score (nSPS) is 16.7. The fourth-order valence-corrected chi connectivity index (χ4v) is 2.69. The second-order valence-electron chi connectivity index (χ2n) is 5.66. The maximum Gasteiger partial charge on any atom is 0.165 e. The third-order valence-corrected chi connectivity index (χ3v) is 3.94. The van der Waals surface area contributed by atoms with Gasteiger partial charge in [0, 0.05) is 31.4 Å². The standard InChI is InChI=1S/C16H27N3O/c1-3-4-6-9-17-16-13-15(12-14(2)19(16)20)18-10-7-5-8-11-18/h12-13,20H,3-11H2,1-2H3. The van der Waals surface area contributed by atoms with Crippen molar-refractivity contribution in [3.63, 3.8) is 0 Å². The van der Waals surface area contributed by atoms with E-state index in [9.17, 15) is 5.21 Å². The molecule has 2 heterocycles. The van der Waals surface area contributed by atoms with Crippen LogP contribution >= 0.6 is 0 Å². The Balaban J connectivity index is 2.19. The molecule has 0 unspecified atom stereocenters. The number of aromatic nitrogens is 1. The fourth-order valence-electron chi connectivity index (χ4n) is 2.69. The summed E-state index contributed by atoms with van der Waals surface area (Å²) in [7, 11) is 0. The van der Waals surface area contributed by atoms with Gasteiger partial charge in [-0.25, -0.2) is 0 Å². The molecule has 2 rings (SSSR count). The Morgan fingerprint density at radius 3 is 2.60 bits per heavy atom. The summed E-state index contributed by atoms with van der Waals surface area (Å²) in [5.74, 6) is 0. The van der Waals surface area contributed by atoms with E-state index in [1.165, 1.54) is 42.5 Å². The molecule has 1 N–H and O–H groups in total. The largest absolute Gasteiger partial charge is 0.427 e. The van der Waals surface area contributed by atoms with Crippen molar-refractivity contribution in [2.24, 2.45) is 4.99 Å². The molecule has 1 saturated heterocycles. The van der Waals surface area contributed by atoms with Crippen molar-refractivity contribution in [1.82, 2.24) is 4.73 Å². The van der Waals surface area contributed by atoms with Crippen LogP contribution in [-0.2, 0) is 0 Å². The SMILES string of the molecule is CCCCCN=c1cc(N2CCCCC2)cc(C)n1O. The van der Waals surface area contributed by atoms with Gasteiger partial charge >= 0.3 is 0 Å². The van der Waals surface area contributed by atoms with Gasteiger partial charge in [-0.3, -0.25) is 4.99 Å². The van der Waals surface area contributed by atoms with Gasteiger partial charge in [-0.15, -0.1) is 0 Å². The van der Waals surface area contributed by atoms with Gasteiger partial charge in [0.15, 0.2) is 5.49 Å². The van der Waals surface area contributed by atoms with E-state index in [1.54, 1.807) is 0 Å². The first-order valence-corrected chi connectivity index (χ1v) is 7.90. The third kappa shape index (κ3) is 3.78. The molecular weight excluding hydrogens is 250 g/mol. The second kappa shape index (κ2) is 7.36. The Morgan fingerprint density at radius 1 is 1.15 bits per heavy atom. The molecule has 4 nitrogen and oxygen atoms in total. The van der Waals surface area contributed by atoms with E-state index >= 15 is 0 Å². The molecule has 1 aromatic rings. The van der Waals surface area contributed by atoms with Gasteiger partial charge in [0.25, 0.3) is 0 Å². The number of nitrogens with zero attached hydrogens (tertiary/aromatic N) is 3. The summed E-state index contributed by atoms with van der Waals surface area (Å²) in [4.78, 5) is 6.95. The van der Waals surface area contributed by atoms with Gasteiger partial charge in [0.05, 0.1) is 5.69 Å². The van der Waals surface area contributed by atoms with Crippen molar-refractivity contribution in [3.8, 4) is 0 Å². The van der Waals surface area contributed by atoms with Crippen molar-refractivity contribution in [2.45, 2.75) is 52.4 Å². The lowest BCUT2D eigenvalue weighted by atomic mass is 10.1. The first-order chi connectivity index (χ1) is 9.72. The van der Waals surface area contributed by atoms with E-state index in [0.29, 0.717) is 5.49 Å². The monoisotopic (exact) mass is 277 g/mol.